The fourth-order valence-electron chi connectivity index (χ4n) is 1.14. The summed E-state index contributed by atoms with van der Waals surface area (Å²) in [5, 5.41) is 0. The number of carbonyl (C=O) groups excluding carboxylic acids is 1. The molecule has 0 radical (unpaired) electrons. The van der Waals surface area contributed by atoms with E-state index < -0.39 is 41.7 Å². The van der Waals surface area contributed by atoms with Crippen LogP contribution in [-0.2, 0) is 4.74 Å². The Kier molecular flexibility index (Phi) is 4.22. The number of nitrogens with zero attached hydrogens (tertiary/aromatic N) is 1. The highest BCUT2D eigenvalue weighted by Gasteiger charge is 2.34. The van der Waals surface area contributed by atoms with Gasteiger partial charge in [0.25, 0.3) is 6.43 Å². The van der Waals surface area contributed by atoms with Gasteiger partial charge < -0.3 is 9.47 Å². The van der Waals surface area contributed by atoms with Gasteiger partial charge in [0.15, 0.2) is 0 Å². The van der Waals surface area contributed by atoms with Gasteiger partial charge in [-0.2, -0.15) is 0 Å². The quantitative estimate of drug-likeness (QED) is 0.634. The molecule has 0 aliphatic rings. The predicted octanol–water partition coefficient (Wildman–Crippen LogP) is 2.84. The fourth-order valence-corrected chi connectivity index (χ4v) is 1.14. The molecule has 106 valence electrons. The van der Waals surface area contributed by atoms with E-state index in [-0.39, 0.29) is 6.07 Å². The van der Waals surface area contributed by atoms with Crippen molar-refractivity contribution < 1.29 is 40.6 Å². The summed E-state index contributed by atoms with van der Waals surface area (Å²) in [4.78, 5) is 13.8. The molecule has 1 aromatic heterocycles. The predicted molar refractivity (Wildman–Crippen MR) is 47.2 cm³/mol. The van der Waals surface area contributed by atoms with E-state index in [1.54, 1.807) is 0 Å². The van der Waals surface area contributed by atoms with E-state index in [1.165, 1.54) is 0 Å². The first-order valence-electron chi connectivity index (χ1n) is 4.48. The Labute approximate surface area is 101 Å². The second kappa shape index (κ2) is 5.33. The third kappa shape index (κ3) is 3.73. The summed E-state index contributed by atoms with van der Waals surface area (Å²) in [6.45, 7) is 0. The summed E-state index contributed by atoms with van der Waals surface area (Å²) in [6.07, 6.45) is -8.72. The molecule has 1 rings (SSSR count). The van der Waals surface area contributed by atoms with Crippen molar-refractivity contribution in [2.24, 2.45) is 0 Å². The van der Waals surface area contributed by atoms with Crippen LogP contribution in [0.25, 0.3) is 0 Å². The van der Waals surface area contributed by atoms with Crippen molar-refractivity contribution in [2.45, 2.75) is 12.8 Å². The Morgan fingerprint density at radius 3 is 2.37 bits per heavy atom. The smallest absolute Gasteiger partial charge is 0.465 e. The number of hydrogen-bond acceptors (Lipinski definition) is 4. The van der Waals surface area contributed by atoms with Gasteiger partial charge in [-0.15, -0.1) is 13.2 Å². The minimum atomic E-state index is -5.23. The molecule has 19 heavy (non-hydrogen) atoms. The topological polar surface area (TPSA) is 48.4 Å². The van der Waals surface area contributed by atoms with E-state index in [0.717, 1.165) is 7.11 Å². The number of aromatic nitrogens is 1. The average Bonchev–Trinajstić information content (AvgIpc) is 2.24. The van der Waals surface area contributed by atoms with E-state index >= 15 is 0 Å². The van der Waals surface area contributed by atoms with Crippen molar-refractivity contribution in [2.75, 3.05) is 7.11 Å². The SMILES string of the molecule is COC(=O)c1c(F)cc(OC(F)(F)F)nc1C(F)F. The number of hydrogen-bond donors (Lipinski definition) is 0. The molecular weight excluding hydrogens is 284 g/mol. The Hall–Kier alpha value is -2.00. The maximum absolute atomic E-state index is 13.4. The number of ether oxygens (including phenoxy) is 2. The van der Waals surface area contributed by atoms with Gasteiger partial charge in [-0.25, -0.2) is 22.9 Å². The first-order chi connectivity index (χ1) is 8.65. The van der Waals surface area contributed by atoms with Crippen LogP contribution in [0.15, 0.2) is 6.07 Å². The Morgan fingerprint density at radius 1 is 1.37 bits per heavy atom. The summed E-state index contributed by atoms with van der Waals surface area (Å²) >= 11 is 0. The second-order valence-corrected chi connectivity index (χ2v) is 3.04. The lowest BCUT2D eigenvalue weighted by Gasteiger charge is -2.12. The third-order valence-corrected chi connectivity index (χ3v) is 1.79. The molecule has 0 aliphatic carbocycles. The molecule has 1 aromatic rings. The molecular formula is C9H5F6NO3. The van der Waals surface area contributed by atoms with Crippen LogP contribution < -0.4 is 4.74 Å². The molecule has 0 spiro atoms. The summed E-state index contributed by atoms with van der Waals surface area (Å²) < 4.78 is 81.3. The normalized spacial score (nSPS) is 11.6. The molecule has 1 heterocycles. The number of pyridine rings is 1. The average molecular weight is 289 g/mol. The maximum Gasteiger partial charge on any atom is 0.574 e. The number of rotatable bonds is 3. The van der Waals surface area contributed by atoms with Gasteiger partial charge in [-0.1, -0.05) is 0 Å². The van der Waals surface area contributed by atoms with E-state index in [1.807, 2.05) is 0 Å². The minimum Gasteiger partial charge on any atom is -0.465 e. The van der Waals surface area contributed by atoms with Gasteiger partial charge in [0.05, 0.1) is 7.11 Å². The summed E-state index contributed by atoms with van der Waals surface area (Å²) in [7, 11) is 0.789. The molecule has 0 aliphatic heterocycles. The van der Waals surface area contributed by atoms with Crippen LogP contribution >= 0.6 is 0 Å². The standard InChI is InChI=1S/C9H5F6NO3/c1-18-8(17)5-3(10)2-4(19-9(13,14)15)16-6(5)7(11)12/h2,7H,1H3. The van der Waals surface area contributed by atoms with Crippen molar-refractivity contribution in [3.8, 4) is 5.88 Å². The summed E-state index contributed by atoms with van der Waals surface area (Å²) in [6, 6.07) is 0.0611. The van der Waals surface area contributed by atoms with Gasteiger partial charge in [0, 0.05) is 6.07 Å². The van der Waals surface area contributed by atoms with Gasteiger partial charge in [0.1, 0.15) is 17.1 Å². The highest BCUT2D eigenvalue weighted by atomic mass is 19.4. The monoisotopic (exact) mass is 289 g/mol. The van der Waals surface area contributed by atoms with Gasteiger partial charge >= 0.3 is 12.3 Å². The fraction of sp³-hybridized carbons (Fsp3) is 0.333. The lowest BCUT2D eigenvalue weighted by atomic mass is 10.2. The molecule has 10 heteroatoms. The lowest BCUT2D eigenvalue weighted by Crippen LogP contribution is -2.20. The van der Waals surface area contributed by atoms with Gasteiger partial charge in [-0.05, 0) is 0 Å². The van der Waals surface area contributed by atoms with Crippen LogP contribution in [0.4, 0.5) is 26.3 Å². The van der Waals surface area contributed by atoms with Crippen LogP contribution in [-0.4, -0.2) is 24.4 Å². The van der Waals surface area contributed by atoms with E-state index in [9.17, 15) is 31.1 Å². The molecule has 0 amide bonds. The first-order valence-corrected chi connectivity index (χ1v) is 4.48. The van der Waals surface area contributed by atoms with Crippen LogP contribution in [0.2, 0.25) is 0 Å². The van der Waals surface area contributed by atoms with E-state index in [4.69, 9.17) is 0 Å². The molecule has 0 N–H and O–H groups in total. The van der Waals surface area contributed by atoms with Gasteiger partial charge in [-0.3, -0.25) is 0 Å². The Balaban J connectivity index is 3.33. The first kappa shape index (κ1) is 15.1. The molecule has 4 nitrogen and oxygen atoms in total. The zero-order valence-electron chi connectivity index (χ0n) is 9.09. The summed E-state index contributed by atoms with van der Waals surface area (Å²) in [5.74, 6) is -4.58. The number of alkyl halides is 5. The number of carbonyl (C=O) groups is 1. The third-order valence-electron chi connectivity index (χ3n) is 1.79. The van der Waals surface area contributed by atoms with Crippen molar-refractivity contribution in [1.82, 2.24) is 4.98 Å². The molecule has 0 aromatic carbocycles. The molecule has 0 saturated carbocycles. The Bertz CT molecular complexity index is 488. The Morgan fingerprint density at radius 2 is 1.95 bits per heavy atom. The van der Waals surface area contributed by atoms with Crippen LogP contribution in [0.3, 0.4) is 0 Å². The molecule has 0 fully saturated rings. The number of halogens is 6. The molecule has 0 bridgehead atoms. The lowest BCUT2D eigenvalue weighted by molar-refractivity contribution is -0.276. The largest absolute Gasteiger partial charge is 0.574 e. The molecule has 0 unspecified atom stereocenters. The second-order valence-electron chi connectivity index (χ2n) is 3.04. The van der Waals surface area contributed by atoms with E-state index in [0.29, 0.717) is 0 Å². The number of esters is 1. The maximum atomic E-state index is 13.4. The van der Waals surface area contributed by atoms with E-state index in [2.05, 4.69) is 14.5 Å². The van der Waals surface area contributed by atoms with Crippen LogP contribution in [0.5, 0.6) is 5.88 Å². The minimum absolute atomic E-state index is 0.0611. The van der Waals surface area contributed by atoms with Crippen LogP contribution in [0.1, 0.15) is 22.5 Å². The molecule has 0 atom stereocenters. The van der Waals surface area contributed by atoms with Gasteiger partial charge in [0.2, 0.25) is 5.88 Å². The zero-order chi connectivity index (χ0) is 14.8. The van der Waals surface area contributed by atoms with Crippen molar-refractivity contribution in [3.63, 3.8) is 0 Å². The summed E-state index contributed by atoms with van der Waals surface area (Å²) in [5.41, 5.74) is -2.74. The highest BCUT2D eigenvalue weighted by Crippen LogP contribution is 2.29. The zero-order valence-corrected chi connectivity index (χ0v) is 9.09. The van der Waals surface area contributed by atoms with Crippen molar-refractivity contribution in [3.05, 3.63) is 23.1 Å². The highest BCUT2D eigenvalue weighted by molar-refractivity contribution is 5.91. The van der Waals surface area contributed by atoms with Crippen molar-refractivity contribution in [1.29, 1.82) is 0 Å². The van der Waals surface area contributed by atoms with Crippen LogP contribution in [0, 0.1) is 5.82 Å². The molecule has 0 saturated heterocycles. The van der Waals surface area contributed by atoms with Crippen molar-refractivity contribution >= 4 is 5.97 Å². The number of methoxy groups -OCH3 is 1.